The number of halogens is 2. The minimum absolute atomic E-state index is 0.211. The third-order valence-electron chi connectivity index (χ3n) is 3.08. The Morgan fingerprint density at radius 3 is 2.48 bits per heavy atom. The van der Waals surface area contributed by atoms with Crippen LogP contribution >= 0.6 is 11.8 Å². The largest absolute Gasteiger partial charge is 0.352 e. The molecule has 0 saturated heterocycles. The van der Waals surface area contributed by atoms with Gasteiger partial charge in [0.25, 0.3) is 0 Å². The van der Waals surface area contributed by atoms with E-state index in [9.17, 15) is 13.6 Å². The second-order valence-electron chi connectivity index (χ2n) is 4.79. The van der Waals surface area contributed by atoms with Crippen LogP contribution in [0.25, 0.3) is 6.08 Å². The monoisotopic (exact) mass is 333 g/mol. The van der Waals surface area contributed by atoms with Gasteiger partial charge < -0.3 is 5.32 Å². The quantitative estimate of drug-likeness (QED) is 0.612. The summed E-state index contributed by atoms with van der Waals surface area (Å²) in [6, 6.07) is 12.9. The average molecular weight is 333 g/mol. The number of rotatable bonds is 7. The third-order valence-corrected chi connectivity index (χ3v) is 4.09. The van der Waals surface area contributed by atoms with Crippen molar-refractivity contribution in [2.24, 2.45) is 0 Å². The SMILES string of the molecule is O=C(/C=C/c1ccccc1F)NCCSCc1ccccc1F. The fourth-order valence-electron chi connectivity index (χ4n) is 1.88. The van der Waals surface area contributed by atoms with Crippen LogP contribution in [0.15, 0.2) is 54.6 Å². The molecule has 2 aromatic carbocycles. The first kappa shape index (κ1) is 17.2. The maximum atomic E-state index is 13.4. The van der Waals surface area contributed by atoms with Crippen LogP contribution in [0.5, 0.6) is 0 Å². The minimum Gasteiger partial charge on any atom is -0.352 e. The summed E-state index contributed by atoms with van der Waals surface area (Å²) in [5.74, 6) is 0.384. The first-order valence-electron chi connectivity index (χ1n) is 7.18. The van der Waals surface area contributed by atoms with E-state index in [1.165, 1.54) is 24.3 Å². The molecule has 0 heterocycles. The summed E-state index contributed by atoms with van der Waals surface area (Å²) in [5, 5.41) is 2.71. The van der Waals surface area contributed by atoms with Crippen LogP contribution in [0.1, 0.15) is 11.1 Å². The van der Waals surface area contributed by atoms with Crippen molar-refractivity contribution in [3.05, 3.63) is 77.4 Å². The molecule has 2 nitrogen and oxygen atoms in total. The smallest absolute Gasteiger partial charge is 0.244 e. The van der Waals surface area contributed by atoms with E-state index in [1.807, 2.05) is 0 Å². The normalized spacial score (nSPS) is 10.9. The van der Waals surface area contributed by atoms with Gasteiger partial charge in [0.05, 0.1) is 0 Å². The van der Waals surface area contributed by atoms with E-state index in [1.54, 1.807) is 48.2 Å². The van der Waals surface area contributed by atoms with Crippen LogP contribution in [0, 0.1) is 11.6 Å². The zero-order valence-electron chi connectivity index (χ0n) is 12.5. The predicted octanol–water partition coefficient (Wildman–Crippen LogP) is 4.03. The lowest BCUT2D eigenvalue weighted by molar-refractivity contribution is -0.116. The number of amides is 1. The molecule has 0 aliphatic rings. The zero-order valence-corrected chi connectivity index (χ0v) is 13.3. The van der Waals surface area contributed by atoms with Crippen molar-refractivity contribution in [1.29, 1.82) is 0 Å². The van der Waals surface area contributed by atoms with Crippen molar-refractivity contribution in [3.8, 4) is 0 Å². The van der Waals surface area contributed by atoms with E-state index in [0.29, 0.717) is 29.2 Å². The average Bonchev–Trinajstić information content (AvgIpc) is 2.55. The Hall–Kier alpha value is -2.14. The second-order valence-corrected chi connectivity index (χ2v) is 5.90. The molecule has 0 aliphatic carbocycles. The van der Waals surface area contributed by atoms with Gasteiger partial charge in [-0.15, -0.1) is 0 Å². The Morgan fingerprint density at radius 1 is 1.04 bits per heavy atom. The Bertz CT molecular complexity index is 688. The molecule has 0 bridgehead atoms. The summed E-state index contributed by atoms with van der Waals surface area (Å²) < 4.78 is 26.8. The molecule has 0 unspecified atom stereocenters. The third kappa shape index (κ3) is 5.87. The molecule has 1 amide bonds. The van der Waals surface area contributed by atoms with Crippen molar-refractivity contribution < 1.29 is 13.6 Å². The molecular formula is C18H17F2NOS. The van der Waals surface area contributed by atoms with Gasteiger partial charge in [-0.25, -0.2) is 8.78 Å². The molecule has 2 rings (SSSR count). The van der Waals surface area contributed by atoms with Gasteiger partial charge in [-0.1, -0.05) is 36.4 Å². The van der Waals surface area contributed by atoms with Gasteiger partial charge >= 0.3 is 0 Å². The van der Waals surface area contributed by atoms with E-state index in [2.05, 4.69) is 5.32 Å². The number of hydrogen-bond acceptors (Lipinski definition) is 2. The molecule has 0 spiro atoms. The molecule has 0 atom stereocenters. The van der Waals surface area contributed by atoms with Gasteiger partial charge in [0.1, 0.15) is 11.6 Å². The molecule has 0 aliphatic heterocycles. The Morgan fingerprint density at radius 2 is 1.74 bits per heavy atom. The molecule has 23 heavy (non-hydrogen) atoms. The van der Waals surface area contributed by atoms with E-state index < -0.39 is 0 Å². The number of nitrogens with one attached hydrogen (secondary N) is 1. The van der Waals surface area contributed by atoms with Crippen molar-refractivity contribution in [1.82, 2.24) is 5.32 Å². The number of benzene rings is 2. The molecule has 0 aromatic heterocycles. The Balaban J connectivity index is 1.67. The fraction of sp³-hybridized carbons (Fsp3) is 0.167. The molecule has 2 aromatic rings. The lowest BCUT2D eigenvalue weighted by atomic mass is 10.2. The lowest BCUT2D eigenvalue weighted by Crippen LogP contribution is -2.23. The highest BCUT2D eigenvalue weighted by molar-refractivity contribution is 7.98. The number of carbonyl (C=O) groups excluding carboxylic acids is 1. The number of carbonyl (C=O) groups is 1. The van der Waals surface area contributed by atoms with Gasteiger partial charge in [-0.3, -0.25) is 4.79 Å². The highest BCUT2D eigenvalue weighted by Crippen LogP contribution is 2.14. The highest BCUT2D eigenvalue weighted by atomic mass is 32.2. The van der Waals surface area contributed by atoms with E-state index in [4.69, 9.17) is 0 Å². The van der Waals surface area contributed by atoms with Crippen molar-refractivity contribution in [2.45, 2.75) is 5.75 Å². The highest BCUT2D eigenvalue weighted by Gasteiger charge is 2.01. The number of thioether (sulfide) groups is 1. The van der Waals surface area contributed by atoms with Crippen LogP contribution in [0.4, 0.5) is 8.78 Å². The van der Waals surface area contributed by atoms with E-state index in [0.717, 1.165) is 0 Å². The van der Waals surface area contributed by atoms with Crippen LogP contribution < -0.4 is 5.32 Å². The van der Waals surface area contributed by atoms with Gasteiger partial charge in [0.15, 0.2) is 0 Å². The van der Waals surface area contributed by atoms with Gasteiger partial charge in [0.2, 0.25) is 5.91 Å². The Kier molecular flexibility index (Phi) is 6.81. The predicted molar refractivity (Wildman–Crippen MR) is 91.0 cm³/mol. The summed E-state index contributed by atoms with van der Waals surface area (Å²) in [4.78, 5) is 11.6. The van der Waals surface area contributed by atoms with E-state index >= 15 is 0 Å². The Labute approximate surface area is 138 Å². The molecule has 1 N–H and O–H groups in total. The molecule has 0 fully saturated rings. The van der Waals surface area contributed by atoms with Gasteiger partial charge in [-0.05, 0) is 23.8 Å². The summed E-state index contributed by atoms with van der Waals surface area (Å²) >= 11 is 1.54. The molecular weight excluding hydrogens is 316 g/mol. The van der Waals surface area contributed by atoms with Gasteiger partial charge in [-0.2, -0.15) is 11.8 Å². The van der Waals surface area contributed by atoms with Crippen LogP contribution in [0.3, 0.4) is 0 Å². The number of hydrogen-bond donors (Lipinski definition) is 1. The molecule has 0 radical (unpaired) electrons. The van der Waals surface area contributed by atoms with Crippen molar-refractivity contribution >= 4 is 23.7 Å². The fourth-order valence-corrected chi connectivity index (χ4v) is 2.72. The summed E-state index contributed by atoms with van der Waals surface area (Å²) in [7, 11) is 0. The lowest BCUT2D eigenvalue weighted by Gasteiger charge is -2.04. The first-order chi connectivity index (χ1) is 11.2. The molecule has 120 valence electrons. The van der Waals surface area contributed by atoms with Gasteiger partial charge in [0, 0.05) is 29.7 Å². The van der Waals surface area contributed by atoms with Crippen molar-refractivity contribution in [2.75, 3.05) is 12.3 Å². The topological polar surface area (TPSA) is 29.1 Å². The summed E-state index contributed by atoms with van der Waals surface area (Å²) in [5.41, 5.74) is 1.03. The summed E-state index contributed by atoms with van der Waals surface area (Å²) in [6.45, 7) is 0.472. The molecule has 0 saturated carbocycles. The first-order valence-corrected chi connectivity index (χ1v) is 8.34. The minimum atomic E-state index is -0.364. The molecule has 5 heteroatoms. The van der Waals surface area contributed by atoms with E-state index in [-0.39, 0.29) is 17.5 Å². The zero-order chi connectivity index (χ0) is 16.5. The van der Waals surface area contributed by atoms with Crippen molar-refractivity contribution in [3.63, 3.8) is 0 Å². The van der Waals surface area contributed by atoms with Crippen LogP contribution in [0.2, 0.25) is 0 Å². The van der Waals surface area contributed by atoms with Crippen LogP contribution in [-0.2, 0) is 10.5 Å². The van der Waals surface area contributed by atoms with Crippen LogP contribution in [-0.4, -0.2) is 18.2 Å². The standard InChI is InChI=1S/C18H17F2NOS/c19-16-7-3-1-5-14(16)9-10-18(22)21-11-12-23-13-15-6-2-4-8-17(15)20/h1-10H,11-13H2,(H,21,22)/b10-9+. The maximum Gasteiger partial charge on any atom is 0.244 e. The summed E-state index contributed by atoms with van der Waals surface area (Å²) in [6.07, 6.45) is 2.75. The maximum absolute atomic E-state index is 13.4. The second kappa shape index (κ2) is 9.10.